The third kappa shape index (κ3) is 3.20. The zero-order chi connectivity index (χ0) is 10.8. The molecule has 14 heavy (non-hydrogen) atoms. The first-order valence-electron chi connectivity index (χ1n) is 3.94. The number of halogens is 4. The van der Waals surface area contributed by atoms with Crippen LogP contribution in [0.3, 0.4) is 0 Å². The lowest BCUT2D eigenvalue weighted by Crippen LogP contribution is -2.04. The van der Waals surface area contributed by atoms with E-state index in [1.54, 1.807) is 6.07 Å². The molecule has 0 fully saturated rings. The summed E-state index contributed by atoms with van der Waals surface area (Å²) in [5.74, 6) is 0.758. The van der Waals surface area contributed by atoms with Crippen LogP contribution in [0.5, 0.6) is 0 Å². The molecule has 0 aromatic heterocycles. The molecule has 0 N–H and O–H groups in total. The monoisotopic (exact) mass is 284 g/mol. The van der Waals surface area contributed by atoms with Crippen molar-refractivity contribution in [3.8, 4) is 0 Å². The van der Waals surface area contributed by atoms with Crippen LogP contribution in [-0.2, 0) is 6.18 Å². The first-order chi connectivity index (χ1) is 6.43. The van der Waals surface area contributed by atoms with Gasteiger partial charge >= 0.3 is 6.18 Å². The van der Waals surface area contributed by atoms with Gasteiger partial charge in [-0.05, 0) is 24.0 Å². The topological polar surface area (TPSA) is 0 Å². The van der Waals surface area contributed by atoms with E-state index >= 15 is 0 Å². The Morgan fingerprint density at radius 3 is 2.43 bits per heavy atom. The van der Waals surface area contributed by atoms with Gasteiger partial charge in [-0.1, -0.05) is 22.9 Å². The van der Waals surface area contributed by atoms with E-state index < -0.39 is 11.7 Å². The average Bonchev–Trinajstić information content (AvgIpc) is 2.02. The van der Waals surface area contributed by atoms with Gasteiger partial charge < -0.3 is 0 Å². The molecular formula is C9H8BrF3S. The third-order valence-corrected chi connectivity index (χ3v) is 2.83. The first kappa shape index (κ1) is 11.9. The molecule has 0 aliphatic rings. The maximum atomic E-state index is 12.4. The Labute approximate surface area is 93.0 Å². The highest BCUT2D eigenvalue weighted by Crippen LogP contribution is 2.34. The predicted octanol–water partition coefficient (Wildman–Crippen LogP) is 4.58. The number of alkyl halides is 3. The molecule has 0 bridgehead atoms. The zero-order valence-corrected chi connectivity index (χ0v) is 9.76. The van der Waals surface area contributed by atoms with Gasteiger partial charge in [-0.3, -0.25) is 0 Å². The van der Waals surface area contributed by atoms with Crippen molar-refractivity contribution in [2.45, 2.75) is 18.0 Å². The van der Waals surface area contributed by atoms with Gasteiger partial charge in [0.1, 0.15) is 0 Å². The molecule has 5 heteroatoms. The van der Waals surface area contributed by atoms with Crippen molar-refractivity contribution in [2.75, 3.05) is 5.75 Å². The van der Waals surface area contributed by atoms with Gasteiger partial charge in [-0.25, -0.2) is 0 Å². The van der Waals surface area contributed by atoms with Crippen LogP contribution in [0, 0.1) is 0 Å². The molecule has 0 saturated heterocycles. The van der Waals surface area contributed by atoms with Gasteiger partial charge in [0.25, 0.3) is 0 Å². The summed E-state index contributed by atoms with van der Waals surface area (Å²) in [4.78, 5) is 0.634. The largest absolute Gasteiger partial charge is 0.416 e. The van der Waals surface area contributed by atoms with Gasteiger partial charge in [0.2, 0.25) is 0 Å². The fourth-order valence-electron chi connectivity index (χ4n) is 0.976. The summed E-state index contributed by atoms with van der Waals surface area (Å²) in [6, 6.07) is 3.93. The Morgan fingerprint density at radius 2 is 1.93 bits per heavy atom. The smallest absolute Gasteiger partial charge is 0.166 e. The molecule has 1 rings (SSSR count). The predicted molar refractivity (Wildman–Crippen MR) is 55.5 cm³/mol. The molecular weight excluding hydrogens is 277 g/mol. The highest BCUT2D eigenvalue weighted by atomic mass is 79.9. The maximum Gasteiger partial charge on any atom is 0.416 e. The van der Waals surface area contributed by atoms with Crippen LogP contribution in [0.4, 0.5) is 13.2 Å². The molecule has 0 aliphatic carbocycles. The van der Waals surface area contributed by atoms with E-state index in [0.29, 0.717) is 9.37 Å². The van der Waals surface area contributed by atoms with Crippen molar-refractivity contribution in [1.29, 1.82) is 0 Å². The van der Waals surface area contributed by atoms with E-state index in [0.717, 1.165) is 11.8 Å². The van der Waals surface area contributed by atoms with Crippen LogP contribution in [0.15, 0.2) is 27.6 Å². The molecule has 0 atom stereocenters. The van der Waals surface area contributed by atoms with Crippen LogP contribution in [-0.4, -0.2) is 5.75 Å². The lowest BCUT2D eigenvalue weighted by atomic mass is 10.2. The second-order valence-electron chi connectivity index (χ2n) is 2.61. The Kier molecular flexibility index (Phi) is 3.89. The molecule has 0 amide bonds. The van der Waals surface area contributed by atoms with E-state index in [1.807, 2.05) is 6.92 Å². The number of rotatable bonds is 2. The summed E-state index contributed by atoms with van der Waals surface area (Å²) in [6.45, 7) is 1.90. The Balaban J connectivity index is 3.07. The second kappa shape index (κ2) is 4.57. The molecule has 1 aromatic carbocycles. The fourth-order valence-corrected chi connectivity index (χ4v) is 2.38. The Bertz CT molecular complexity index is 322. The van der Waals surface area contributed by atoms with Crippen molar-refractivity contribution < 1.29 is 13.2 Å². The molecule has 0 unspecified atom stereocenters. The van der Waals surface area contributed by atoms with Crippen LogP contribution in [0.1, 0.15) is 12.5 Å². The Hall–Kier alpha value is -0.160. The van der Waals surface area contributed by atoms with Crippen LogP contribution >= 0.6 is 27.7 Å². The fraction of sp³-hybridized carbons (Fsp3) is 0.333. The van der Waals surface area contributed by atoms with Crippen molar-refractivity contribution >= 4 is 27.7 Å². The van der Waals surface area contributed by atoms with Crippen LogP contribution in [0.25, 0.3) is 0 Å². The molecule has 0 aliphatic heterocycles. The zero-order valence-electron chi connectivity index (χ0n) is 7.36. The molecule has 0 spiro atoms. The SMILES string of the molecule is CCSc1cc(Br)cc(C(F)(F)F)c1. The van der Waals surface area contributed by atoms with Gasteiger partial charge in [0, 0.05) is 9.37 Å². The van der Waals surface area contributed by atoms with E-state index in [1.165, 1.54) is 17.8 Å². The summed E-state index contributed by atoms with van der Waals surface area (Å²) >= 11 is 4.45. The number of thioether (sulfide) groups is 1. The Morgan fingerprint density at radius 1 is 1.29 bits per heavy atom. The number of hydrogen-bond donors (Lipinski definition) is 0. The van der Waals surface area contributed by atoms with E-state index in [2.05, 4.69) is 15.9 Å². The van der Waals surface area contributed by atoms with E-state index in [9.17, 15) is 13.2 Å². The molecule has 0 nitrogen and oxygen atoms in total. The van der Waals surface area contributed by atoms with Gasteiger partial charge in [-0.2, -0.15) is 13.2 Å². The highest BCUT2D eigenvalue weighted by molar-refractivity contribution is 9.10. The quantitative estimate of drug-likeness (QED) is 0.717. The van der Waals surface area contributed by atoms with Crippen molar-refractivity contribution in [2.24, 2.45) is 0 Å². The van der Waals surface area contributed by atoms with Crippen LogP contribution in [0.2, 0.25) is 0 Å². The number of benzene rings is 1. The van der Waals surface area contributed by atoms with Gasteiger partial charge in [0.05, 0.1) is 5.56 Å². The molecule has 78 valence electrons. The third-order valence-electron chi connectivity index (χ3n) is 1.51. The van der Waals surface area contributed by atoms with Crippen LogP contribution < -0.4 is 0 Å². The highest BCUT2D eigenvalue weighted by Gasteiger charge is 2.30. The minimum absolute atomic E-state index is 0.461. The van der Waals surface area contributed by atoms with Crippen molar-refractivity contribution in [3.63, 3.8) is 0 Å². The molecule has 1 aromatic rings. The minimum Gasteiger partial charge on any atom is -0.166 e. The molecule has 0 heterocycles. The summed E-state index contributed by atoms with van der Waals surface area (Å²) in [7, 11) is 0. The summed E-state index contributed by atoms with van der Waals surface area (Å²) < 4.78 is 37.5. The standard InChI is InChI=1S/C9H8BrF3S/c1-2-14-8-4-6(9(11,12)13)3-7(10)5-8/h3-5H,2H2,1H3. The molecule has 0 saturated carbocycles. The van der Waals surface area contributed by atoms with Gasteiger partial charge in [0.15, 0.2) is 0 Å². The van der Waals surface area contributed by atoms with Gasteiger partial charge in [-0.15, -0.1) is 11.8 Å². The lowest BCUT2D eigenvalue weighted by Gasteiger charge is -2.09. The van der Waals surface area contributed by atoms with Crippen molar-refractivity contribution in [3.05, 3.63) is 28.2 Å². The van der Waals surface area contributed by atoms with E-state index in [4.69, 9.17) is 0 Å². The minimum atomic E-state index is -4.27. The number of hydrogen-bond acceptors (Lipinski definition) is 1. The summed E-state index contributed by atoms with van der Waals surface area (Å²) in [6.07, 6.45) is -4.27. The lowest BCUT2D eigenvalue weighted by molar-refractivity contribution is -0.137. The normalized spacial score (nSPS) is 11.8. The van der Waals surface area contributed by atoms with E-state index in [-0.39, 0.29) is 0 Å². The summed E-state index contributed by atoms with van der Waals surface area (Å²) in [5, 5.41) is 0. The van der Waals surface area contributed by atoms with Crippen molar-refractivity contribution in [1.82, 2.24) is 0 Å². The second-order valence-corrected chi connectivity index (χ2v) is 4.86. The molecule has 0 radical (unpaired) electrons. The average molecular weight is 285 g/mol. The summed E-state index contributed by atoms with van der Waals surface area (Å²) in [5.41, 5.74) is -0.608. The maximum absolute atomic E-state index is 12.4. The first-order valence-corrected chi connectivity index (χ1v) is 5.72.